The van der Waals surface area contributed by atoms with E-state index >= 15 is 0 Å². The highest BCUT2D eigenvalue weighted by atomic mass is 32.1. The van der Waals surface area contributed by atoms with Crippen LogP contribution >= 0.6 is 12.6 Å². The lowest BCUT2D eigenvalue weighted by Crippen LogP contribution is -2.13. The van der Waals surface area contributed by atoms with E-state index < -0.39 is 0 Å². The third-order valence-corrected chi connectivity index (χ3v) is 2.14. The summed E-state index contributed by atoms with van der Waals surface area (Å²) in [5.41, 5.74) is 1.77. The number of hydrogen-bond acceptors (Lipinski definition) is 3. The number of anilines is 1. The second-order valence-electron chi connectivity index (χ2n) is 2.89. The molecule has 4 heteroatoms. The van der Waals surface area contributed by atoms with Gasteiger partial charge in [0.15, 0.2) is 0 Å². The van der Waals surface area contributed by atoms with Crippen molar-refractivity contribution in [3.8, 4) is 5.75 Å². The van der Waals surface area contributed by atoms with Crippen molar-refractivity contribution in [3.63, 3.8) is 0 Å². The van der Waals surface area contributed by atoms with E-state index in [1.807, 2.05) is 19.1 Å². The summed E-state index contributed by atoms with van der Waals surface area (Å²) >= 11 is 3.88. The van der Waals surface area contributed by atoms with Crippen LogP contribution in [0.2, 0.25) is 0 Å². The number of amides is 1. The Morgan fingerprint density at radius 1 is 1.57 bits per heavy atom. The molecule has 1 N–H and O–H groups in total. The summed E-state index contributed by atoms with van der Waals surface area (Å²) in [7, 11) is 1.61. The standard InChI is InChI=1S/C10H13NO2S/c1-7-5-8(13-2)3-4-9(7)11-10(12)6-14/h3-5,14H,6H2,1-2H3,(H,11,12). The fourth-order valence-corrected chi connectivity index (χ4v) is 1.17. The molecule has 76 valence electrons. The molecule has 0 bridgehead atoms. The number of thiol groups is 1. The summed E-state index contributed by atoms with van der Waals surface area (Å²) in [6.07, 6.45) is 0. The fraction of sp³-hybridized carbons (Fsp3) is 0.300. The van der Waals surface area contributed by atoms with Crippen molar-refractivity contribution in [2.24, 2.45) is 0 Å². The average molecular weight is 211 g/mol. The van der Waals surface area contributed by atoms with Gasteiger partial charge in [-0.25, -0.2) is 0 Å². The summed E-state index contributed by atoms with van der Waals surface area (Å²) < 4.78 is 5.05. The molecule has 0 fully saturated rings. The molecule has 0 radical (unpaired) electrons. The number of carbonyl (C=O) groups is 1. The maximum absolute atomic E-state index is 11.1. The van der Waals surface area contributed by atoms with E-state index in [0.717, 1.165) is 17.0 Å². The average Bonchev–Trinajstić information content (AvgIpc) is 2.20. The van der Waals surface area contributed by atoms with E-state index in [2.05, 4.69) is 17.9 Å². The van der Waals surface area contributed by atoms with E-state index in [9.17, 15) is 4.79 Å². The maximum atomic E-state index is 11.1. The number of benzene rings is 1. The molecule has 0 saturated carbocycles. The molecule has 3 nitrogen and oxygen atoms in total. The molecule has 1 amide bonds. The Labute approximate surface area is 88.9 Å². The van der Waals surface area contributed by atoms with E-state index in [0.29, 0.717) is 0 Å². The highest BCUT2D eigenvalue weighted by Crippen LogP contribution is 2.20. The fourth-order valence-electron chi connectivity index (χ4n) is 1.09. The van der Waals surface area contributed by atoms with Gasteiger partial charge in [0.05, 0.1) is 12.9 Å². The monoisotopic (exact) mass is 211 g/mol. The second-order valence-corrected chi connectivity index (χ2v) is 3.20. The highest BCUT2D eigenvalue weighted by Gasteiger charge is 2.03. The summed E-state index contributed by atoms with van der Waals surface area (Å²) in [4.78, 5) is 11.1. The lowest BCUT2D eigenvalue weighted by molar-refractivity contribution is -0.113. The van der Waals surface area contributed by atoms with Gasteiger partial charge in [-0.15, -0.1) is 0 Å². The van der Waals surface area contributed by atoms with E-state index in [1.165, 1.54) is 0 Å². The van der Waals surface area contributed by atoms with Crippen LogP contribution in [0.15, 0.2) is 18.2 Å². The predicted molar refractivity (Wildman–Crippen MR) is 60.2 cm³/mol. The third-order valence-electron chi connectivity index (χ3n) is 1.85. The lowest BCUT2D eigenvalue weighted by Gasteiger charge is -2.08. The Kier molecular flexibility index (Phi) is 3.83. The molecular formula is C10H13NO2S. The first-order chi connectivity index (χ1) is 6.67. The molecule has 0 unspecified atom stereocenters. The normalized spacial score (nSPS) is 9.64. The first-order valence-electron chi connectivity index (χ1n) is 4.22. The zero-order valence-corrected chi connectivity index (χ0v) is 9.10. The molecule has 0 aromatic heterocycles. The first kappa shape index (κ1) is 10.9. The molecule has 0 aliphatic rings. The van der Waals surface area contributed by atoms with Crippen LogP contribution in [0.3, 0.4) is 0 Å². The Morgan fingerprint density at radius 3 is 2.79 bits per heavy atom. The minimum absolute atomic E-state index is 0.110. The van der Waals surface area contributed by atoms with Gasteiger partial charge in [0.25, 0.3) is 0 Å². The van der Waals surface area contributed by atoms with Crippen LogP contribution in [0, 0.1) is 6.92 Å². The number of hydrogen-bond donors (Lipinski definition) is 2. The van der Waals surface area contributed by atoms with Crippen LogP contribution in [-0.2, 0) is 4.79 Å². The molecule has 1 aromatic rings. The van der Waals surface area contributed by atoms with Crippen LogP contribution in [-0.4, -0.2) is 18.8 Å². The molecule has 0 atom stereocenters. The van der Waals surface area contributed by atoms with Crippen molar-refractivity contribution in [2.75, 3.05) is 18.2 Å². The van der Waals surface area contributed by atoms with Crippen LogP contribution in [0.5, 0.6) is 5.75 Å². The second kappa shape index (κ2) is 4.91. The maximum Gasteiger partial charge on any atom is 0.234 e. The van der Waals surface area contributed by atoms with Crippen LogP contribution < -0.4 is 10.1 Å². The van der Waals surface area contributed by atoms with Crippen LogP contribution in [0.1, 0.15) is 5.56 Å². The molecule has 0 aliphatic carbocycles. The lowest BCUT2D eigenvalue weighted by atomic mass is 10.2. The van der Waals surface area contributed by atoms with Crippen molar-refractivity contribution >= 4 is 24.2 Å². The van der Waals surface area contributed by atoms with Crippen molar-refractivity contribution in [1.82, 2.24) is 0 Å². The number of nitrogens with one attached hydrogen (secondary N) is 1. The third kappa shape index (κ3) is 2.67. The van der Waals surface area contributed by atoms with Gasteiger partial charge in [0.2, 0.25) is 5.91 Å². The van der Waals surface area contributed by atoms with Crippen LogP contribution in [0.4, 0.5) is 5.69 Å². The Balaban J connectivity index is 2.83. The van der Waals surface area contributed by atoms with Gasteiger partial charge in [0, 0.05) is 5.69 Å². The minimum Gasteiger partial charge on any atom is -0.497 e. The van der Waals surface area contributed by atoms with Gasteiger partial charge < -0.3 is 10.1 Å². The van der Waals surface area contributed by atoms with Gasteiger partial charge in [-0.2, -0.15) is 12.6 Å². The SMILES string of the molecule is COc1ccc(NC(=O)CS)c(C)c1. The van der Waals surface area contributed by atoms with Gasteiger partial charge in [-0.1, -0.05) is 0 Å². The van der Waals surface area contributed by atoms with Crippen molar-refractivity contribution in [2.45, 2.75) is 6.92 Å². The number of aryl methyl sites for hydroxylation is 1. The zero-order chi connectivity index (χ0) is 10.6. The van der Waals surface area contributed by atoms with Gasteiger partial charge >= 0.3 is 0 Å². The Hall–Kier alpha value is -1.16. The predicted octanol–water partition coefficient (Wildman–Crippen LogP) is 1.87. The molecule has 0 saturated heterocycles. The van der Waals surface area contributed by atoms with E-state index in [1.54, 1.807) is 13.2 Å². The van der Waals surface area contributed by atoms with E-state index in [-0.39, 0.29) is 11.7 Å². The highest BCUT2D eigenvalue weighted by molar-refractivity contribution is 7.81. The summed E-state index contributed by atoms with van der Waals surface area (Å²) in [5.74, 6) is 0.860. The molecule has 0 aliphatic heterocycles. The molecule has 1 aromatic carbocycles. The summed E-state index contributed by atoms with van der Waals surface area (Å²) in [5, 5.41) is 2.74. The van der Waals surface area contributed by atoms with Gasteiger partial charge in [-0.05, 0) is 30.7 Å². The summed E-state index contributed by atoms with van der Waals surface area (Å²) in [6.45, 7) is 1.91. The summed E-state index contributed by atoms with van der Waals surface area (Å²) in [6, 6.07) is 5.49. The smallest absolute Gasteiger partial charge is 0.234 e. The van der Waals surface area contributed by atoms with Crippen molar-refractivity contribution < 1.29 is 9.53 Å². The topological polar surface area (TPSA) is 38.3 Å². The first-order valence-corrected chi connectivity index (χ1v) is 4.86. The van der Waals surface area contributed by atoms with Crippen molar-refractivity contribution in [1.29, 1.82) is 0 Å². The molecule has 0 heterocycles. The largest absolute Gasteiger partial charge is 0.497 e. The quantitative estimate of drug-likeness (QED) is 0.749. The molecule has 0 spiro atoms. The number of methoxy groups -OCH3 is 1. The number of rotatable bonds is 3. The van der Waals surface area contributed by atoms with Crippen LogP contribution in [0.25, 0.3) is 0 Å². The number of ether oxygens (including phenoxy) is 1. The number of carbonyl (C=O) groups excluding carboxylic acids is 1. The zero-order valence-electron chi connectivity index (χ0n) is 8.20. The molecule has 1 rings (SSSR count). The van der Waals surface area contributed by atoms with Gasteiger partial charge in [0.1, 0.15) is 5.75 Å². The Bertz CT molecular complexity index is 339. The molecular weight excluding hydrogens is 198 g/mol. The van der Waals surface area contributed by atoms with Crippen molar-refractivity contribution in [3.05, 3.63) is 23.8 Å². The van der Waals surface area contributed by atoms with E-state index in [4.69, 9.17) is 4.74 Å². The minimum atomic E-state index is -0.110. The Morgan fingerprint density at radius 2 is 2.29 bits per heavy atom. The molecule has 14 heavy (non-hydrogen) atoms. The van der Waals surface area contributed by atoms with Gasteiger partial charge in [-0.3, -0.25) is 4.79 Å².